The molecule has 0 amide bonds. The number of hydrogen-bond acceptors (Lipinski definition) is 2. The van der Waals surface area contributed by atoms with Crippen LogP contribution in [0.25, 0.3) is 0 Å². The number of aryl methyl sites for hydroxylation is 1. The van der Waals surface area contributed by atoms with Crippen LogP contribution in [0.1, 0.15) is 29.9 Å². The predicted octanol–water partition coefficient (Wildman–Crippen LogP) is 3.31. The van der Waals surface area contributed by atoms with Gasteiger partial charge in [-0.05, 0) is 30.9 Å². The Kier molecular flexibility index (Phi) is 3.18. The molecule has 2 nitrogen and oxygen atoms in total. The van der Waals surface area contributed by atoms with E-state index < -0.39 is 0 Å². The Morgan fingerprint density at radius 2 is 2.12 bits per heavy atom. The Morgan fingerprint density at radius 1 is 1.31 bits per heavy atom. The van der Waals surface area contributed by atoms with Crippen molar-refractivity contribution in [2.75, 3.05) is 14.2 Å². The van der Waals surface area contributed by atoms with Crippen LogP contribution in [0.3, 0.4) is 0 Å². The van der Waals surface area contributed by atoms with Gasteiger partial charge in [-0.2, -0.15) is 0 Å². The molecule has 86 valence electrons. The largest absolute Gasteiger partial charge is 0.497 e. The van der Waals surface area contributed by atoms with E-state index in [4.69, 9.17) is 9.47 Å². The summed E-state index contributed by atoms with van der Waals surface area (Å²) in [4.78, 5) is 0. The first-order valence-electron chi connectivity index (χ1n) is 5.67. The van der Waals surface area contributed by atoms with E-state index in [-0.39, 0.29) is 0 Å². The highest BCUT2D eigenvalue weighted by molar-refractivity contribution is 5.50. The lowest BCUT2D eigenvalue weighted by molar-refractivity contribution is 0.385. The minimum Gasteiger partial charge on any atom is -0.497 e. The number of ether oxygens (including phenoxy) is 2. The van der Waals surface area contributed by atoms with Crippen molar-refractivity contribution in [1.29, 1.82) is 0 Å². The van der Waals surface area contributed by atoms with Crippen molar-refractivity contribution in [3.63, 3.8) is 0 Å². The van der Waals surface area contributed by atoms with Crippen molar-refractivity contribution in [3.05, 3.63) is 35.9 Å². The molecule has 1 aromatic rings. The molecule has 0 fully saturated rings. The predicted molar refractivity (Wildman–Crippen MR) is 65.4 cm³/mol. The van der Waals surface area contributed by atoms with Crippen molar-refractivity contribution >= 4 is 0 Å². The number of allylic oxidation sites excluding steroid dienone is 1. The van der Waals surface area contributed by atoms with Gasteiger partial charge in [-0.25, -0.2) is 0 Å². The van der Waals surface area contributed by atoms with E-state index in [1.54, 1.807) is 14.2 Å². The molecule has 0 spiro atoms. The standard InChI is InChI=1S/C14H18O2/c1-4-10-6-5-7-11-8-12(15-2)9-13(16-3)14(10)11/h4,8-10H,1,5-7H2,2-3H3. The van der Waals surface area contributed by atoms with Crippen LogP contribution in [0.15, 0.2) is 24.8 Å². The average molecular weight is 218 g/mol. The maximum Gasteiger partial charge on any atom is 0.126 e. The molecule has 1 aliphatic carbocycles. The van der Waals surface area contributed by atoms with Crippen LogP contribution in [0, 0.1) is 0 Å². The van der Waals surface area contributed by atoms with Gasteiger partial charge < -0.3 is 9.47 Å². The molecule has 2 heteroatoms. The third kappa shape index (κ3) is 1.80. The Morgan fingerprint density at radius 3 is 2.75 bits per heavy atom. The summed E-state index contributed by atoms with van der Waals surface area (Å²) in [6.45, 7) is 3.91. The highest BCUT2D eigenvalue weighted by atomic mass is 16.5. The second-order valence-corrected chi connectivity index (χ2v) is 4.14. The van der Waals surface area contributed by atoms with E-state index in [2.05, 4.69) is 12.6 Å². The third-order valence-electron chi connectivity index (χ3n) is 3.27. The number of methoxy groups -OCH3 is 2. The monoisotopic (exact) mass is 218 g/mol. The smallest absolute Gasteiger partial charge is 0.126 e. The molecule has 2 rings (SSSR count). The molecule has 0 saturated heterocycles. The van der Waals surface area contributed by atoms with Gasteiger partial charge in [0.25, 0.3) is 0 Å². The maximum atomic E-state index is 5.46. The third-order valence-corrected chi connectivity index (χ3v) is 3.27. The highest BCUT2D eigenvalue weighted by Crippen LogP contribution is 2.40. The lowest BCUT2D eigenvalue weighted by Crippen LogP contribution is -2.10. The number of hydrogen-bond donors (Lipinski definition) is 0. The van der Waals surface area contributed by atoms with Crippen molar-refractivity contribution in [1.82, 2.24) is 0 Å². The molecule has 16 heavy (non-hydrogen) atoms. The first-order valence-corrected chi connectivity index (χ1v) is 5.67. The summed E-state index contributed by atoms with van der Waals surface area (Å²) in [5, 5.41) is 0. The van der Waals surface area contributed by atoms with Gasteiger partial charge in [0.2, 0.25) is 0 Å². The molecular weight excluding hydrogens is 200 g/mol. The molecule has 0 saturated carbocycles. The van der Waals surface area contributed by atoms with Crippen molar-refractivity contribution < 1.29 is 9.47 Å². The molecule has 1 unspecified atom stereocenters. The van der Waals surface area contributed by atoms with Gasteiger partial charge in [0, 0.05) is 17.5 Å². The highest BCUT2D eigenvalue weighted by Gasteiger charge is 2.22. The average Bonchev–Trinajstić information content (AvgIpc) is 2.36. The van der Waals surface area contributed by atoms with Gasteiger partial charge in [0.15, 0.2) is 0 Å². The lowest BCUT2D eigenvalue weighted by Gasteiger charge is -2.25. The number of benzene rings is 1. The van der Waals surface area contributed by atoms with Crippen molar-refractivity contribution in [3.8, 4) is 11.5 Å². The maximum absolute atomic E-state index is 5.46. The van der Waals surface area contributed by atoms with Crippen LogP contribution in [-0.2, 0) is 6.42 Å². The zero-order valence-corrected chi connectivity index (χ0v) is 9.95. The molecule has 0 N–H and O–H groups in total. The summed E-state index contributed by atoms with van der Waals surface area (Å²) in [5.74, 6) is 2.23. The molecule has 0 heterocycles. The van der Waals surface area contributed by atoms with Crippen LogP contribution >= 0.6 is 0 Å². The number of fused-ring (bicyclic) bond motifs is 1. The van der Waals surface area contributed by atoms with Gasteiger partial charge in [-0.15, -0.1) is 6.58 Å². The molecule has 0 radical (unpaired) electrons. The fraction of sp³-hybridized carbons (Fsp3) is 0.429. The zero-order chi connectivity index (χ0) is 11.5. The van der Waals surface area contributed by atoms with E-state index in [1.807, 2.05) is 12.1 Å². The summed E-state index contributed by atoms with van der Waals surface area (Å²) in [6.07, 6.45) is 5.50. The summed E-state index contributed by atoms with van der Waals surface area (Å²) >= 11 is 0. The fourth-order valence-electron chi connectivity index (χ4n) is 2.46. The van der Waals surface area contributed by atoms with Gasteiger partial charge in [-0.1, -0.05) is 6.08 Å². The Hall–Kier alpha value is -1.44. The molecule has 0 bridgehead atoms. The number of rotatable bonds is 3. The first-order chi connectivity index (χ1) is 7.80. The van der Waals surface area contributed by atoms with Crippen LogP contribution in [0.5, 0.6) is 11.5 Å². The van der Waals surface area contributed by atoms with Gasteiger partial charge >= 0.3 is 0 Å². The lowest BCUT2D eigenvalue weighted by atomic mass is 9.82. The summed E-state index contributed by atoms with van der Waals surface area (Å²) in [5.41, 5.74) is 2.64. The van der Waals surface area contributed by atoms with E-state index in [9.17, 15) is 0 Å². The topological polar surface area (TPSA) is 18.5 Å². The van der Waals surface area contributed by atoms with Crippen LogP contribution in [0.4, 0.5) is 0 Å². The Bertz CT molecular complexity index is 379. The normalized spacial score (nSPS) is 18.8. The minimum atomic E-state index is 0.421. The summed E-state index contributed by atoms with van der Waals surface area (Å²) in [7, 11) is 3.40. The second kappa shape index (κ2) is 4.60. The molecular formula is C14H18O2. The second-order valence-electron chi connectivity index (χ2n) is 4.14. The van der Waals surface area contributed by atoms with E-state index in [0.29, 0.717) is 5.92 Å². The molecule has 1 atom stereocenters. The zero-order valence-electron chi connectivity index (χ0n) is 9.95. The van der Waals surface area contributed by atoms with E-state index in [0.717, 1.165) is 17.9 Å². The summed E-state index contributed by atoms with van der Waals surface area (Å²) in [6, 6.07) is 4.08. The summed E-state index contributed by atoms with van der Waals surface area (Å²) < 4.78 is 10.7. The first kappa shape index (κ1) is 11.1. The van der Waals surface area contributed by atoms with Gasteiger partial charge in [0.05, 0.1) is 14.2 Å². The molecule has 0 aliphatic heterocycles. The van der Waals surface area contributed by atoms with Crippen molar-refractivity contribution in [2.45, 2.75) is 25.2 Å². The van der Waals surface area contributed by atoms with Crippen molar-refractivity contribution in [2.24, 2.45) is 0 Å². The molecule has 0 aromatic heterocycles. The van der Waals surface area contributed by atoms with Crippen LogP contribution < -0.4 is 9.47 Å². The van der Waals surface area contributed by atoms with Gasteiger partial charge in [0.1, 0.15) is 11.5 Å². The minimum absolute atomic E-state index is 0.421. The van der Waals surface area contributed by atoms with E-state index in [1.165, 1.54) is 24.0 Å². The Labute approximate surface area is 96.9 Å². The quantitative estimate of drug-likeness (QED) is 0.725. The van der Waals surface area contributed by atoms with Gasteiger partial charge in [-0.3, -0.25) is 0 Å². The fourth-order valence-corrected chi connectivity index (χ4v) is 2.46. The molecule has 1 aliphatic rings. The Balaban J connectivity index is 2.54. The van der Waals surface area contributed by atoms with E-state index >= 15 is 0 Å². The van der Waals surface area contributed by atoms with Crippen LogP contribution in [-0.4, -0.2) is 14.2 Å². The SMILES string of the molecule is C=CC1CCCc2cc(OC)cc(OC)c21. The molecule has 1 aromatic carbocycles. The van der Waals surface area contributed by atoms with Crippen LogP contribution in [0.2, 0.25) is 0 Å².